The molecule has 0 fully saturated rings. The van der Waals surface area contributed by atoms with Crippen LogP contribution >= 0.6 is 22.9 Å². The Morgan fingerprint density at radius 2 is 1.93 bits per heavy atom. The molecule has 0 spiro atoms. The van der Waals surface area contributed by atoms with Gasteiger partial charge in [-0.15, -0.1) is 0 Å². The Morgan fingerprint density at radius 3 is 2.64 bits per heavy atom. The third-order valence-corrected chi connectivity index (χ3v) is 5.10. The molecule has 1 aromatic heterocycles. The first-order valence-electron chi connectivity index (χ1n) is 8.78. The van der Waals surface area contributed by atoms with Crippen LogP contribution in [0, 0.1) is 0 Å². The van der Waals surface area contributed by atoms with Gasteiger partial charge < -0.3 is 14.0 Å². The van der Waals surface area contributed by atoms with Crippen molar-refractivity contribution in [2.45, 2.75) is 20.4 Å². The molecule has 8 heteroatoms. The summed E-state index contributed by atoms with van der Waals surface area (Å²) in [5, 5.41) is 0.454. The van der Waals surface area contributed by atoms with Gasteiger partial charge in [-0.05, 0) is 44.2 Å². The van der Waals surface area contributed by atoms with Crippen LogP contribution in [0.4, 0.5) is 0 Å². The summed E-state index contributed by atoms with van der Waals surface area (Å²) < 4.78 is 13.3. The van der Waals surface area contributed by atoms with Crippen molar-refractivity contribution < 1.29 is 19.1 Å². The van der Waals surface area contributed by atoms with Crippen LogP contribution in [0.3, 0.4) is 0 Å². The van der Waals surface area contributed by atoms with Crippen molar-refractivity contribution in [3.63, 3.8) is 0 Å². The standard InChI is InChI=1S/C20H19ClN2O4S/c1-3-26-15-9-6-10-16-18(15)23(12-17(24)27-4-2)20(28-16)22-19(25)13-7-5-8-14(21)11-13/h5-11H,3-4,12H2,1-2H3. The molecule has 0 N–H and O–H groups in total. The third-order valence-electron chi connectivity index (χ3n) is 3.83. The second-order valence-electron chi connectivity index (χ2n) is 5.74. The van der Waals surface area contributed by atoms with E-state index in [4.69, 9.17) is 21.1 Å². The summed E-state index contributed by atoms with van der Waals surface area (Å²) in [4.78, 5) is 29.4. The number of amides is 1. The molecule has 6 nitrogen and oxygen atoms in total. The van der Waals surface area contributed by atoms with Gasteiger partial charge in [-0.1, -0.05) is 35.1 Å². The average molecular weight is 419 g/mol. The van der Waals surface area contributed by atoms with Crippen LogP contribution in [0.25, 0.3) is 10.2 Å². The molecule has 2 aromatic carbocycles. The third kappa shape index (κ3) is 4.43. The van der Waals surface area contributed by atoms with E-state index in [9.17, 15) is 9.59 Å². The fraction of sp³-hybridized carbons (Fsp3) is 0.250. The quantitative estimate of drug-likeness (QED) is 0.566. The molecule has 0 bridgehead atoms. The number of halogens is 1. The van der Waals surface area contributed by atoms with Crippen molar-refractivity contribution in [1.29, 1.82) is 0 Å². The Bertz CT molecular complexity index is 1090. The van der Waals surface area contributed by atoms with E-state index in [-0.39, 0.29) is 13.2 Å². The molecule has 0 aliphatic carbocycles. The Morgan fingerprint density at radius 1 is 1.14 bits per heavy atom. The molecule has 146 valence electrons. The second kappa shape index (κ2) is 9.03. The van der Waals surface area contributed by atoms with Crippen molar-refractivity contribution in [2.75, 3.05) is 13.2 Å². The predicted octanol–water partition coefficient (Wildman–Crippen LogP) is 4.06. The number of ether oxygens (including phenoxy) is 2. The lowest BCUT2D eigenvalue weighted by molar-refractivity contribution is -0.143. The fourth-order valence-electron chi connectivity index (χ4n) is 2.71. The molecule has 0 atom stereocenters. The normalized spacial score (nSPS) is 11.6. The summed E-state index contributed by atoms with van der Waals surface area (Å²) >= 11 is 7.28. The molecule has 0 saturated carbocycles. The van der Waals surface area contributed by atoms with E-state index in [1.165, 1.54) is 11.3 Å². The van der Waals surface area contributed by atoms with E-state index in [0.717, 1.165) is 4.70 Å². The van der Waals surface area contributed by atoms with Crippen LogP contribution in [0.15, 0.2) is 47.5 Å². The van der Waals surface area contributed by atoms with Gasteiger partial charge >= 0.3 is 5.97 Å². The van der Waals surface area contributed by atoms with Gasteiger partial charge in [0.25, 0.3) is 5.91 Å². The van der Waals surface area contributed by atoms with Crippen LogP contribution in [0.2, 0.25) is 5.02 Å². The highest BCUT2D eigenvalue weighted by atomic mass is 35.5. The molecule has 0 aliphatic rings. The fourth-order valence-corrected chi connectivity index (χ4v) is 3.95. The number of nitrogens with zero attached hydrogens (tertiary/aromatic N) is 2. The number of aromatic nitrogens is 1. The van der Waals surface area contributed by atoms with Crippen LogP contribution in [0.1, 0.15) is 24.2 Å². The van der Waals surface area contributed by atoms with Gasteiger partial charge in [-0.2, -0.15) is 4.99 Å². The number of hydrogen-bond donors (Lipinski definition) is 0. The monoisotopic (exact) mass is 418 g/mol. The van der Waals surface area contributed by atoms with Gasteiger partial charge in [0.2, 0.25) is 0 Å². The van der Waals surface area contributed by atoms with Crippen molar-refractivity contribution in [3.8, 4) is 5.75 Å². The topological polar surface area (TPSA) is 69.9 Å². The molecule has 3 rings (SSSR count). The molecule has 0 saturated heterocycles. The minimum atomic E-state index is -0.440. The van der Waals surface area contributed by atoms with Gasteiger partial charge in [-0.3, -0.25) is 9.59 Å². The first kappa shape index (κ1) is 20.1. The summed E-state index contributed by atoms with van der Waals surface area (Å²) in [5.74, 6) is -0.230. The molecule has 28 heavy (non-hydrogen) atoms. The van der Waals surface area contributed by atoms with Gasteiger partial charge in [0, 0.05) is 10.6 Å². The number of para-hydroxylation sites is 1. The Balaban J connectivity index is 2.16. The largest absolute Gasteiger partial charge is 0.492 e. The second-order valence-corrected chi connectivity index (χ2v) is 7.18. The van der Waals surface area contributed by atoms with Gasteiger partial charge in [-0.25, -0.2) is 0 Å². The van der Waals surface area contributed by atoms with E-state index in [1.54, 1.807) is 35.8 Å². The van der Waals surface area contributed by atoms with Crippen molar-refractivity contribution >= 4 is 45.0 Å². The number of thiazole rings is 1. The number of benzene rings is 2. The first-order chi connectivity index (χ1) is 13.5. The first-order valence-corrected chi connectivity index (χ1v) is 9.98. The summed E-state index contributed by atoms with van der Waals surface area (Å²) in [5.41, 5.74) is 1.08. The number of fused-ring (bicyclic) bond motifs is 1. The summed E-state index contributed by atoms with van der Waals surface area (Å²) in [6.45, 7) is 4.30. The van der Waals surface area contributed by atoms with E-state index in [0.29, 0.717) is 33.3 Å². The average Bonchev–Trinajstić information content (AvgIpc) is 3.00. The van der Waals surface area contributed by atoms with E-state index in [1.807, 2.05) is 25.1 Å². The molecule has 3 aromatic rings. The lowest BCUT2D eigenvalue weighted by Gasteiger charge is -2.09. The number of carbonyl (C=O) groups excluding carboxylic acids is 2. The zero-order valence-corrected chi connectivity index (χ0v) is 17.0. The summed E-state index contributed by atoms with van der Waals surface area (Å²) in [6.07, 6.45) is 0. The minimum Gasteiger partial charge on any atom is -0.492 e. The highest BCUT2D eigenvalue weighted by Crippen LogP contribution is 2.27. The van der Waals surface area contributed by atoms with Crippen molar-refractivity contribution in [2.24, 2.45) is 4.99 Å². The summed E-state index contributed by atoms with van der Waals surface area (Å²) in [6, 6.07) is 12.2. The van der Waals surface area contributed by atoms with Crippen LogP contribution < -0.4 is 9.54 Å². The molecular weight excluding hydrogens is 400 g/mol. The Kier molecular flexibility index (Phi) is 6.49. The summed E-state index contributed by atoms with van der Waals surface area (Å²) in [7, 11) is 0. The number of esters is 1. The number of carbonyl (C=O) groups is 2. The predicted molar refractivity (Wildman–Crippen MR) is 109 cm³/mol. The van der Waals surface area contributed by atoms with Crippen LogP contribution in [-0.2, 0) is 16.1 Å². The highest BCUT2D eigenvalue weighted by Gasteiger charge is 2.16. The lowest BCUT2D eigenvalue weighted by Crippen LogP contribution is -2.23. The molecular formula is C20H19ClN2O4S. The number of hydrogen-bond acceptors (Lipinski definition) is 5. The highest BCUT2D eigenvalue weighted by molar-refractivity contribution is 7.16. The number of rotatable bonds is 6. The molecule has 0 aliphatic heterocycles. The molecule has 1 amide bonds. The maximum absolute atomic E-state index is 12.6. The molecule has 1 heterocycles. The van der Waals surface area contributed by atoms with E-state index < -0.39 is 11.9 Å². The van der Waals surface area contributed by atoms with Crippen LogP contribution in [0.5, 0.6) is 5.75 Å². The smallest absolute Gasteiger partial charge is 0.326 e. The minimum absolute atomic E-state index is 0.0699. The maximum atomic E-state index is 12.6. The Hall–Kier alpha value is -2.64. The molecule has 0 unspecified atom stereocenters. The Labute approximate surface area is 171 Å². The molecule has 0 radical (unpaired) electrons. The zero-order chi connectivity index (χ0) is 20.1. The van der Waals surface area contributed by atoms with Gasteiger partial charge in [0.15, 0.2) is 4.80 Å². The SMILES string of the molecule is CCOC(=O)Cn1c(=NC(=O)c2cccc(Cl)c2)sc2cccc(OCC)c21. The van der Waals surface area contributed by atoms with Crippen LogP contribution in [-0.4, -0.2) is 29.7 Å². The van der Waals surface area contributed by atoms with Gasteiger partial charge in [0.1, 0.15) is 17.8 Å². The lowest BCUT2D eigenvalue weighted by atomic mass is 10.2. The maximum Gasteiger partial charge on any atom is 0.326 e. The van der Waals surface area contributed by atoms with Gasteiger partial charge in [0.05, 0.1) is 17.9 Å². The van der Waals surface area contributed by atoms with Crippen molar-refractivity contribution in [3.05, 3.63) is 57.9 Å². The van der Waals surface area contributed by atoms with E-state index in [2.05, 4.69) is 4.99 Å². The zero-order valence-electron chi connectivity index (χ0n) is 15.5. The van der Waals surface area contributed by atoms with E-state index >= 15 is 0 Å². The van der Waals surface area contributed by atoms with Crippen molar-refractivity contribution in [1.82, 2.24) is 4.57 Å².